The first-order valence-corrected chi connectivity index (χ1v) is 8.46. The van der Waals surface area contributed by atoms with Crippen LogP contribution in [0.25, 0.3) is 28.1 Å². The Hall–Kier alpha value is -3.41. The number of ether oxygens (including phenoxy) is 1. The van der Waals surface area contributed by atoms with Crippen molar-refractivity contribution in [3.05, 3.63) is 66.7 Å². The highest BCUT2D eigenvalue weighted by Crippen LogP contribution is 2.22. The summed E-state index contributed by atoms with van der Waals surface area (Å²) in [7, 11) is 0. The Morgan fingerprint density at radius 2 is 2.12 bits per heavy atom. The van der Waals surface area contributed by atoms with Crippen LogP contribution >= 0.6 is 0 Å². The molecule has 0 aliphatic rings. The highest BCUT2D eigenvalue weighted by atomic mass is 16.5. The molecule has 0 bridgehead atoms. The first-order valence-electron chi connectivity index (χ1n) is 8.46. The van der Waals surface area contributed by atoms with Crippen LogP contribution in [0.1, 0.15) is 12.5 Å². The molecular formula is C20H18N4O2. The van der Waals surface area contributed by atoms with E-state index in [2.05, 4.69) is 22.1 Å². The third kappa shape index (κ3) is 3.21. The van der Waals surface area contributed by atoms with E-state index in [0.29, 0.717) is 12.4 Å². The zero-order valence-corrected chi connectivity index (χ0v) is 14.3. The second kappa shape index (κ2) is 6.84. The molecule has 0 amide bonds. The van der Waals surface area contributed by atoms with Crippen LogP contribution < -0.4 is 0 Å². The van der Waals surface area contributed by atoms with Gasteiger partial charge < -0.3 is 14.3 Å². The Kier molecular flexibility index (Phi) is 4.23. The number of hydrogen-bond acceptors (Lipinski definition) is 4. The minimum absolute atomic E-state index is 0.233. The lowest BCUT2D eigenvalue weighted by Crippen LogP contribution is -2.06. The number of para-hydroxylation sites is 1. The second-order valence-corrected chi connectivity index (χ2v) is 5.94. The van der Waals surface area contributed by atoms with E-state index in [4.69, 9.17) is 9.72 Å². The first-order chi connectivity index (χ1) is 12.7. The van der Waals surface area contributed by atoms with Crippen LogP contribution in [0.3, 0.4) is 0 Å². The van der Waals surface area contributed by atoms with E-state index in [1.807, 2.05) is 41.2 Å². The summed E-state index contributed by atoms with van der Waals surface area (Å²) in [5, 5.41) is 1.13. The van der Waals surface area contributed by atoms with E-state index < -0.39 is 0 Å². The molecule has 0 fully saturated rings. The highest BCUT2D eigenvalue weighted by Gasteiger charge is 2.09. The molecule has 1 N–H and O–H groups in total. The second-order valence-electron chi connectivity index (χ2n) is 5.94. The van der Waals surface area contributed by atoms with Gasteiger partial charge in [-0.1, -0.05) is 18.2 Å². The van der Waals surface area contributed by atoms with Gasteiger partial charge in [-0.3, -0.25) is 9.78 Å². The van der Waals surface area contributed by atoms with Crippen molar-refractivity contribution in [3.63, 3.8) is 0 Å². The summed E-state index contributed by atoms with van der Waals surface area (Å²) in [6.07, 6.45) is 7.41. The van der Waals surface area contributed by atoms with Crippen LogP contribution in [0.4, 0.5) is 0 Å². The number of rotatable bonds is 5. The summed E-state index contributed by atoms with van der Waals surface area (Å²) in [4.78, 5) is 24.0. The molecule has 6 heteroatoms. The van der Waals surface area contributed by atoms with Gasteiger partial charge in [-0.05, 0) is 30.7 Å². The summed E-state index contributed by atoms with van der Waals surface area (Å²) in [6, 6.07) is 12.0. The van der Waals surface area contributed by atoms with Crippen molar-refractivity contribution in [2.24, 2.45) is 0 Å². The molecule has 1 aromatic carbocycles. The first kappa shape index (κ1) is 16.1. The molecule has 3 aromatic heterocycles. The van der Waals surface area contributed by atoms with Gasteiger partial charge in [-0.15, -0.1) is 0 Å². The smallest absolute Gasteiger partial charge is 0.310 e. The number of aromatic amines is 1. The number of nitrogens with one attached hydrogen (secondary N) is 1. The normalized spacial score (nSPS) is 11.0. The largest absolute Gasteiger partial charge is 0.466 e. The van der Waals surface area contributed by atoms with Gasteiger partial charge in [0.1, 0.15) is 5.69 Å². The van der Waals surface area contributed by atoms with Gasteiger partial charge >= 0.3 is 5.97 Å². The van der Waals surface area contributed by atoms with Crippen LogP contribution in [-0.4, -0.2) is 32.1 Å². The molecule has 3 heterocycles. The van der Waals surface area contributed by atoms with E-state index in [9.17, 15) is 4.79 Å². The number of fused-ring (bicyclic) bond motifs is 1. The Balaban J connectivity index is 1.61. The van der Waals surface area contributed by atoms with Crippen molar-refractivity contribution in [2.75, 3.05) is 6.61 Å². The van der Waals surface area contributed by atoms with E-state index in [0.717, 1.165) is 27.9 Å². The fraction of sp³-hybridized carbons (Fsp3) is 0.150. The maximum atomic E-state index is 11.6. The van der Waals surface area contributed by atoms with Gasteiger partial charge in [0.15, 0.2) is 5.82 Å². The molecule has 0 radical (unpaired) electrons. The quantitative estimate of drug-likeness (QED) is 0.561. The van der Waals surface area contributed by atoms with Gasteiger partial charge in [-0.25, -0.2) is 4.98 Å². The molecule has 26 heavy (non-hydrogen) atoms. The van der Waals surface area contributed by atoms with Crippen molar-refractivity contribution >= 4 is 16.9 Å². The zero-order valence-electron chi connectivity index (χ0n) is 14.3. The minimum atomic E-state index is -0.233. The average Bonchev–Trinajstić information content (AvgIpc) is 3.29. The fourth-order valence-corrected chi connectivity index (χ4v) is 2.89. The highest BCUT2D eigenvalue weighted by molar-refractivity contribution is 5.85. The minimum Gasteiger partial charge on any atom is -0.466 e. The monoisotopic (exact) mass is 346 g/mol. The number of benzene rings is 1. The summed E-state index contributed by atoms with van der Waals surface area (Å²) in [5.41, 5.74) is 3.62. The number of hydrogen-bond donors (Lipinski definition) is 1. The van der Waals surface area contributed by atoms with Crippen LogP contribution in [0.2, 0.25) is 0 Å². The molecule has 0 aliphatic carbocycles. The molecule has 0 unspecified atom stereocenters. The maximum Gasteiger partial charge on any atom is 0.310 e. The SMILES string of the molecule is CCOC(=O)Cc1ccn(-c2cncc(-c3cc4ccccc4[nH]3)n2)c1. The lowest BCUT2D eigenvalue weighted by Gasteiger charge is -2.04. The fourth-order valence-electron chi connectivity index (χ4n) is 2.89. The third-order valence-corrected chi connectivity index (χ3v) is 4.10. The van der Waals surface area contributed by atoms with Crippen molar-refractivity contribution in [2.45, 2.75) is 13.3 Å². The van der Waals surface area contributed by atoms with E-state index in [1.165, 1.54) is 0 Å². The summed E-state index contributed by atoms with van der Waals surface area (Å²) < 4.78 is 6.84. The van der Waals surface area contributed by atoms with Crippen LogP contribution in [0, 0.1) is 0 Å². The van der Waals surface area contributed by atoms with Crippen LogP contribution in [-0.2, 0) is 16.0 Å². The Labute approximate surface area is 150 Å². The van der Waals surface area contributed by atoms with Gasteiger partial charge in [-0.2, -0.15) is 0 Å². The molecule has 0 saturated heterocycles. The van der Waals surface area contributed by atoms with E-state index in [-0.39, 0.29) is 12.4 Å². The van der Waals surface area contributed by atoms with E-state index in [1.54, 1.807) is 19.3 Å². The standard InChI is InChI=1S/C20H18N4O2/c1-2-26-20(25)9-14-7-8-24(13-14)19-12-21-11-18(23-19)17-10-15-5-3-4-6-16(15)22-17/h3-8,10-13,22H,2,9H2,1H3. The summed E-state index contributed by atoms with van der Waals surface area (Å²) >= 11 is 0. The topological polar surface area (TPSA) is 72.8 Å². The molecule has 0 aliphatic heterocycles. The van der Waals surface area contributed by atoms with Gasteiger partial charge in [0.2, 0.25) is 0 Å². The van der Waals surface area contributed by atoms with Gasteiger partial charge in [0, 0.05) is 23.3 Å². The lowest BCUT2D eigenvalue weighted by atomic mass is 10.2. The van der Waals surface area contributed by atoms with Crippen molar-refractivity contribution in [3.8, 4) is 17.2 Å². The molecule has 130 valence electrons. The van der Waals surface area contributed by atoms with Crippen molar-refractivity contribution in [1.82, 2.24) is 19.5 Å². The number of aromatic nitrogens is 4. The molecule has 6 nitrogen and oxygen atoms in total. The molecule has 4 aromatic rings. The lowest BCUT2D eigenvalue weighted by molar-refractivity contribution is -0.142. The average molecular weight is 346 g/mol. The number of nitrogens with zero attached hydrogens (tertiary/aromatic N) is 3. The summed E-state index contributed by atoms with van der Waals surface area (Å²) in [6.45, 7) is 2.19. The number of carbonyl (C=O) groups excluding carboxylic acids is 1. The Morgan fingerprint density at radius 3 is 2.96 bits per heavy atom. The molecular weight excluding hydrogens is 328 g/mol. The van der Waals surface area contributed by atoms with E-state index >= 15 is 0 Å². The van der Waals surface area contributed by atoms with Gasteiger partial charge in [0.05, 0.1) is 31.1 Å². The predicted octanol–water partition coefficient (Wildman–Crippen LogP) is 3.52. The molecule has 0 spiro atoms. The number of esters is 1. The Bertz CT molecular complexity index is 1030. The van der Waals surface area contributed by atoms with Crippen LogP contribution in [0.5, 0.6) is 0 Å². The third-order valence-electron chi connectivity index (χ3n) is 4.10. The molecule has 0 saturated carbocycles. The van der Waals surface area contributed by atoms with Crippen molar-refractivity contribution in [1.29, 1.82) is 0 Å². The maximum absolute atomic E-state index is 11.6. The zero-order chi connectivity index (χ0) is 17.9. The Morgan fingerprint density at radius 1 is 1.23 bits per heavy atom. The summed E-state index contributed by atoms with van der Waals surface area (Å²) in [5.74, 6) is 0.458. The predicted molar refractivity (Wildman–Crippen MR) is 99.0 cm³/mol. The number of carbonyl (C=O) groups is 1. The van der Waals surface area contributed by atoms with Crippen LogP contribution in [0.15, 0.2) is 61.2 Å². The van der Waals surface area contributed by atoms with Gasteiger partial charge in [0.25, 0.3) is 0 Å². The number of H-pyrrole nitrogens is 1. The van der Waals surface area contributed by atoms with Crippen molar-refractivity contribution < 1.29 is 9.53 Å². The molecule has 4 rings (SSSR count). The molecule has 0 atom stereocenters.